The minimum absolute atomic E-state index is 0.453. The van der Waals surface area contributed by atoms with Crippen LogP contribution in [0.15, 0.2) is 11.6 Å². The fraction of sp³-hybridized carbons (Fsp3) is 0.846. The van der Waals surface area contributed by atoms with Crippen molar-refractivity contribution in [1.29, 1.82) is 0 Å². The van der Waals surface area contributed by atoms with E-state index >= 15 is 0 Å². The van der Waals surface area contributed by atoms with E-state index in [4.69, 9.17) is 0 Å². The molecule has 0 aliphatic heterocycles. The Bertz CT molecular complexity index is 146. The van der Waals surface area contributed by atoms with Crippen LogP contribution in [0, 0.1) is 5.41 Å². The number of unbranched alkanes of at least 4 members (excludes halogenated alkanes) is 1. The Balaban J connectivity index is 4.03. The van der Waals surface area contributed by atoms with Crippen molar-refractivity contribution in [3.8, 4) is 0 Å². The van der Waals surface area contributed by atoms with Crippen LogP contribution in [0.4, 0.5) is 0 Å². The first kappa shape index (κ1) is 12.7. The molecule has 0 amide bonds. The van der Waals surface area contributed by atoms with Crippen LogP contribution in [-0.4, -0.2) is 0 Å². The normalized spacial score (nSPS) is 13.5. The van der Waals surface area contributed by atoms with Gasteiger partial charge in [-0.05, 0) is 31.1 Å². The first-order valence-corrected chi connectivity index (χ1v) is 5.67. The van der Waals surface area contributed by atoms with Gasteiger partial charge in [0.25, 0.3) is 0 Å². The molecule has 0 saturated heterocycles. The topological polar surface area (TPSA) is 0 Å². The Kier molecular flexibility index (Phi) is 6.11. The largest absolute Gasteiger partial charge is 0.0856 e. The molecule has 0 N–H and O–H groups in total. The molecule has 0 radical (unpaired) electrons. The van der Waals surface area contributed by atoms with Crippen molar-refractivity contribution in [2.24, 2.45) is 5.41 Å². The van der Waals surface area contributed by atoms with E-state index in [1.165, 1.54) is 32.1 Å². The van der Waals surface area contributed by atoms with E-state index < -0.39 is 0 Å². The third-order valence-electron chi connectivity index (χ3n) is 2.10. The molecule has 0 heteroatoms. The minimum Gasteiger partial charge on any atom is -0.0856 e. The zero-order chi connectivity index (χ0) is 10.3. The van der Waals surface area contributed by atoms with Crippen molar-refractivity contribution in [1.82, 2.24) is 0 Å². The van der Waals surface area contributed by atoms with E-state index in [2.05, 4.69) is 40.7 Å². The van der Waals surface area contributed by atoms with Crippen LogP contribution >= 0.6 is 0 Å². The summed E-state index contributed by atoms with van der Waals surface area (Å²) in [5.74, 6) is 0. The summed E-state index contributed by atoms with van der Waals surface area (Å²) in [5.41, 5.74) is 2.12. The van der Waals surface area contributed by atoms with Crippen molar-refractivity contribution in [2.45, 2.75) is 66.7 Å². The molecule has 0 nitrogen and oxygen atoms in total. The molecular formula is C13H26. The lowest BCUT2D eigenvalue weighted by atomic mass is 9.86. The SMILES string of the molecule is CC/C=C(\CCCC)CC(C)(C)C. The summed E-state index contributed by atoms with van der Waals surface area (Å²) in [5, 5.41) is 0. The monoisotopic (exact) mass is 182 g/mol. The Morgan fingerprint density at radius 3 is 2.15 bits per heavy atom. The van der Waals surface area contributed by atoms with Gasteiger partial charge in [-0.15, -0.1) is 0 Å². The molecule has 0 aromatic rings. The average Bonchev–Trinajstić information content (AvgIpc) is 1.98. The Morgan fingerprint density at radius 1 is 1.15 bits per heavy atom. The predicted molar refractivity (Wildman–Crippen MR) is 62.0 cm³/mol. The molecule has 0 aliphatic carbocycles. The van der Waals surface area contributed by atoms with Gasteiger partial charge in [0, 0.05) is 0 Å². The quantitative estimate of drug-likeness (QED) is 0.528. The zero-order valence-corrected chi connectivity index (χ0v) is 10.1. The molecule has 0 aliphatic rings. The van der Waals surface area contributed by atoms with Crippen LogP contribution in [-0.2, 0) is 0 Å². The van der Waals surface area contributed by atoms with Crippen LogP contribution < -0.4 is 0 Å². The van der Waals surface area contributed by atoms with Gasteiger partial charge in [-0.25, -0.2) is 0 Å². The summed E-state index contributed by atoms with van der Waals surface area (Å²) in [6.45, 7) is 11.5. The maximum absolute atomic E-state index is 2.42. The summed E-state index contributed by atoms with van der Waals surface area (Å²) in [7, 11) is 0. The van der Waals surface area contributed by atoms with Crippen molar-refractivity contribution in [3.63, 3.8) is 0 Å². The summed E-state index contributed by atoms with van der Waals surface area (Å²) < 4.78 is 0. The lowest BCUT2D eigenvalue weighted by molar-refractivity contribution is 0.402. The molecule has 0 fully saturated rings. The second-order valence-electron chi connectivity index (χ2n) is 5.11. The fourth-order valence-electron chi connectivity index (χ4n) is 1.64. The first-order chi connectivity index (χ1) is 5.99. The van der Waals surface area contributed by atoms with Crippen molar-refractivity contribution < 1.29 is 0 Å². The highest BCUT2D eigenvalue weighted by Crippen LogP contribution is 2.27. The summed E-state index contributed by atoms with van der Waals surface area (Å²) in [6.07, 6.45) is 8.84. The van der Waals surface area contributed by atoms with Gasteiger partial charge < -0.3 is 0 Å². The van der Waals surface area contributed by atoms with Crippen molar-refractivity contribution in [2.75, 3.05) is 0 Å². The molecule has 0 heterocycles. The molecule has 0 rings (SSSR count). The van der Waals surface area contributed by atoms with E-state index in [-0.39, 0.29) is 0 Å². The standard InChI is InChI=1S/C13H26/c1-6-8-10-12(9-7-2)11-13(3,4)5/h9H,6-8,10-11H2,1-5H3/b12-9+. The Morgan fingerprint density at radius 2 is 1.77 bits per heavy atom. The summed E-state index contributed by atoms with van der Waals surface area (Å²) in [4.78, 5) is 0. The van der Waals surface area contributed by atoms with Crippen molar-refractivity contribution >= 4 is 0 Å². The minimum atomic E-state index is 0.453. The van der Waals surface area contributed by atoms with Gasteiger partial charge in [0.1, 0.15) is 0 Å². The van der Waals surface area contributed by atoms with E-state index in [0.717, 1.165) is 0 Å². The highest BCUT2D eigenvalue weighted by atomic mass is 14.2. The number of rotatable bonds is 5. The van der Waals surface area contributed by atoms with E-state index in [9.17, 15) is 0 Å². The Hall–Kier alpha value is -0.260. The number of allylic oxidation sites excluding steroid dienone is 2. The van der Waals surface area contributed by atoms with E-state index in [1.807, 2.05) is 0 Å². The number of hydrogen-bond acceptors (Lipinski definition) is 0. The van der Waals surface area contributed by atoms with Gasteiger partial charge in [-0.1, -0.05) is 52.7 Å². The van der Waals surface area contributed by atoms with Crippen LogP contribution in [0.3, 0.4) is 0 Å². The third-order valence-corrected chi connectivity index (χ3v) is 2.10. The van der Waals surface area contributed by atoms with Crippen LogP contribution in [0.1, 0.15) is 66.7 Å². The van der Waals surface area contributed by atoms with Crippen LogP contribution in [0.25, 0.3) is 0 Å². The first-order valence-electron chi connectivity index (χ1n) is 5.67. The van der Waals surface area contributed by atoms with Crippen LogP contribution in [0.5, 0.6) is 0 Å². The average molecular weight is 182 g/mol. The molecule has 13 heavy (non-hydrogen) atoms. The maximum atomic E-state index is 2.42. The van der Waals surface area contributed by atoms with Gasteiger partial charge in [-0.3, -0.25) is 0 Å². The predicted octanol–water partition coefficient (Wildman–Crippen LogP) is 4.95. The number of hydrogen-bond donors (Lipinski definition) is 0. The highest BCUT2D eigenvalue weighted by molar-refractivity contribution is 5.04. The molecular weight excluding hydrogens is 156 g/mol. The molecule has 0 atom stereocenters. The highest BCUT2D eigenvalue weighted by Gasteiger charge is 2.12. The molecule has 0 saturated carbocycles. The lowest BCUT2D eigenvalue weighted by Crippen LogP contribution is -2.06. The molecule has 0 unspecified atom stereocenters. The van der Waals surface area contributed by atoms with E-state index in [1.54, 1.807) is 5.57 Å². The molecule has 0 spiro atoms. The second-order valence-corrected chi connectivity index (χ2v) is 5.11. The van der Waals surface area contributed by atoms with Gasteiger partial charge in [0.05, 0.1) is 0 Å². The van der Waals surface area contributed by atoms with E-state index in [0.29, 0.717) is 5.41 Å². The smallest absolute Gasteiger partial charge is 0.0271 e. The summed E-state index contributed by atoms with van der Waals surface area (Å²) in [6, 6.07) is 0. The molecule has 78 valence electrons. The van der Waals surface area contributed by atoms with Crippen LogP contribution in [0.2, 0.25) is 0 Å². The maximum Gasteiger partial charge on any atom is -0.0271 e. The fourth-order valence-corrected chi connectivity index (χ4v) is 1.64. The third kappa shape index (κ3) is 8.08. The molecule has 0 bridgehead atoms. The van der Waals surface area contributed by atoms with Crippen molar-refractivity contribution in [3.05, 3.63) is 11.6 Å². The molecule has 0 aromatic heterocycles. The van der Waals surface area contributed by atoms with Gasteiger partial charge in [-0.2, -0.15) is 0 Å². The second kappa shape index (κ2) is 6.23. The zero-order valence-electron chi connectivity index (χ0n) is 10.1. The summed E-state index contributed by atoms with van der Waals surface area (Å²) >= 11 is 0. The molecule has 0 aromatic carbocycles. The van der Waals surface area contributed by atoms with Gasteiger partial charge in [0.15, 0.2) is 0 Å². The Labute approximate surface area is 84.4 Å². The lowest BCUT2D eigenvalue weighted by Gasteiger charge is -2.20. The van der Waals surface area contributed by atoms with Gasteiger partial charge in [0.2, 0.25) is 0 Å². The van der Waals surface area contributed by atoms with Gasteiger partial charge >= 0.3 is 0 Å².